The summed E-state index contributed by atoms with van der Waals surface area (Å²) < 4.78 is 54.3. The van der Waals surface area contributed by atoms with Crippen LogP contribution < -0.4 is 20.5 Å². The molecule has 0 saturated carbocycles. The number of aryl methyl sites for hydroxylation is 1. The number of alkyl halides is 2. The number of hydrogen-bond acceptors (Lipinski definition) is 5. The molecule has 2 heterocycles. The second-order valence-electron chi connectivity index (χ2n) is 8.87. The largest absolute Gasteiger partial charge is 0.497 e. The number of nitrogens with zero attached hydrogens (tertiary/aromatic N) is 2. The zero-order chi connectivity index (χ0) is 26.2. The van der Waals surface area contributed by atoms with Gasteiger partial charge in [0, 0.05) is 37.2 Å². The molecule has 1 aromatic heterocycles. The zero-order valence-corrected chi connectivity index (χ0v) is 20.2. The average Bonchev–Trinajstić information content (AvgIpc) is 2.88. The number of aromatic nitrogens is 2. The van der Waals surface area contributed by atoms with Crippen molar-refractivity contribution in [2.75, 3.05) is 12.4 Å². The molecule has 190 valence electrons. The van der Waals surface area contributed by atoms with Gasteiger partial charge in [-0.1, -0.05) is 18.2 Å². The zero-order valence-electron chi connectivity index (χ0n) is 20.2. The van der Waals surface area contributed by atoms with Crippen molar-refractivity contribution in [2.45, 2.75) is 32.4 Å². The Hall–Kier alpha value is -4.27. The minimum atomic E-state index is -3.03. The maximum atomic E-state index is 14.7. The van der Waals surface area contributed by atoms with Crippen LogP contribution in [0.4, 0.5) is 19.0 Å². The molecule has 3 aromatic carbocycles. The molecule has 0 fully saturated rings. The molecule has 1 N–H and O–H groups in total. The topological polar surface area (TPSA) is 65.4 Å². The monoisotopic (exact) mass is 507 g/mol. The minimum Gasteiger partial charge on any atom is -0.497 e. The molecule has 6 nitrogen and oxygen atoms in total. The quantitative estimate of drug-likeness (QED) is 0.326. The van der Waals surface area contributed by atoms with Crippen LogP contribution in [0.3, 0.4) is 0 Å². The highest BCUT2D eigenvalue weighted by Gasteiger charge is 2.24. The molecular weight excluding hydrogens is 483 g/mol. The van der Waals surface area contributed by atoms with Crippen LogP contribution >= 0.6 is 0 Å². The minimum absolute atomic E-state index is 0.0856. The van der Waals surface area contributed by atoms with Crippen molar-refractivity contribution in [3.63, 3.8) is 0 Å². The number of nitrogens with one attached hydrogen (secondary N) is 1. The second-order valence-corrected chi connectivity index (χ2v) is 8.87. The van der Waals surface area contributed by atoms with Crippen LogP contribution in [0.2, 0.25) is 0 Å². The highest BCUT2D eigenvalue weighted by atomic mass is 19.3. The van der Waals surface area contributed by atoms with Gasteiger partial charge in [0.2, 0.25) is 0 Å². The predicted molar refractivity (Wildman–Crippen MR) is 134 cm³/mol. The van der Waals surface area contributed by atoms with Crippen LogP contribution in [0.25, 0.3) is 11.3 Å². The van der Waals surface area contributed by atoms with Crippen LogP contribution in [0.15, 0.2) is 71.5 Å². The average molecular weight is 508 g/mol. The fourth-order valence-corrected chi connectivity index (χ4v) is 4.31. The third kappa shape index (κ3) is 5.16. The first kappa shape index (κ1) is 24.4. The summed E-state index contributed by atoms with van der Waals surface area (Å²) >= 11 is 0. The normalized spacial score (nSPS) is 12.5. The molecule has 1 aliphatic rings. The molecule has 0 saturated heterocycles. The van der Waals surface area contributed by atoms with Gasteiger partial charge < -0.3 is 14.8 Å². The summed E-state index contributed by atoms with van der Waals surface area (Å²) in [6.45, 7) is 1.52. The van der Waals surface area contributed by atoms with E-state index in [0.29, 0.717) is 24.3 Å². The van der Waals surface area contributed by atoms with E-state index in [1.807, 2.05) is 18.2 Å². The summed E-state index contributed by atoms with van der Waals surface area (Å²) in [4.78, 5) is 16.8. The molecule has 0 spiro atoms. The molecule has 1 aliphatic heterocycles. The van der Waals surface area contributed by atoms with Crippen LogP contribution in [0.1, 0.15) is 23.6 Å². The predicted octanol–water partition coefficient (Wildman–Crippen LogP) is 6.13. The van der Waals surface area contributed by atoms with Crippen molar-refractivity contribution >= 4 is 5.82 Å². The molecule has 0 atom stereocenters. The van der Waals surface area contributed by atoms with E-state index < -0.39 is 11.7 Å². The van der Waals surface area contributed by atoms with Crippen LogP contribution in [-0.2, 0) is 25.4 Å². The summed E-state index contributed by atoms with van der Waals surface area (Å²) in [7, 11) is 1.61. The molecule has 5 rings (SSSR count). The van der Waals surface area contributed by atoms with Crippen molar-refractivity contribution < 1.29 is 22.6 Å². The molecule has 0 radical (unpaired) electrons. The maximum absolute atomic E-state index is 14.7. The Bertz CT molecular complexity index is 1530. The van der Waals surface area contributed by atoms with Crippen molar-refractivity contribution in [1.82, 2.24) is 9.55 Å². The highest BCUT2D eigenvalue weighted by molar-refractivity contribution is 5.69. The smallest absolute Gasteiger partial charge is 0.349 e. The first-order valence-electron chi connectivity index (χ1n) is 11.7. The van der Waals surface area contributed by atoms with Gasteiger partial charge in [0.1, 0.15) is 17.3 Å². The van der Waals surface area contributed by atoms with Gasteiger partial charge in [-0.05, 0) is 60.0 Å². The second kappa shape index (κ2) is 9.65. The van der Waals surface area contributed by atoms with Gasteiger partial charge in [-0.2, -0.15) is 4.98 Å². The summed E-state index contributed by atoms with van der Waals surface area (Å²) in [6.07, 6.45) is 0.701. The highest BCUT2D eigenvalue weighted by Crippen LogP contribution is 2.33. The number of halogens is 3. The molecule has 9 heteroatoms. The van der Waals surface area contributed by atoms with E-state index in [9.17, 15) is 18.0 Å². The standard InChI is InChI=1S/C28H24F3N3O3/c1-28(30,31)19-4-3-5-21(14-19)37-25-9-6-17(12-23(25)29)16-32-26-15-24-22-8-7-20(36-2)13-18(22)10-11-34(24)27(35)33-26/h3-9,12-15H,10-11,16H2,1-2H3,(H,32,33,35). The van der Waals surface area contributed by atoms with Gasteiger partial charge in [0.25, 0.3) is 5.92 Å². The Morgan fingerprint density at radius 1 is 1.05 bits per heavy atom. The van der Waals surface area contributed by atoms with Crippen LogP contribution in [0, 0.1) is 5.82 Å². The van der Waals surface area contributed by atoms with Gasteiger partial charge in [-0.3, -0.25) is 4.57 Å². The van der Waals surface area contributed by atoms with Crippen molar-refractivity contribution in [3.05, 3.63) is 99.7 Å². The Balaban J connectivity index is 1.32. The lowest BCUT2D eigenvalue weighted by Crippen LogP contribution is -2.29. The summed E-state index contributed by atoms with van der Waals surface area (Å²) in [5.41, 5.74) is 2.77. The number of ether oxygens (including phenoxy) is 2. The number of methoxy groups -OCH3 is 1. The third-order valence-corrected chi connectivity index (χ3v) is 6.24. The van der Waals surface area contributed by atoms with Crippen molar-refractivity contribution in [1.29, 1.82) is 0 Å². The lowest BCUT2D eigenvalue weighted by atomic mass is 9.97. The lowest BCUT2D eigenvalue weighted by Gasteiger charge is -2.22. The molecule has 0 aliphatic carbocycles. The summed E-state index contributed by atoms with van der Waals surface area (Å²) in [5, 5.41) is 3.09. The van der Waals surface area contributed by atoms with Crippen LogP contribution in [-0.4, -0.2) is 16.7 Å². The van der Waals surface area contributed by atoms with Gasteiger partial charge >= 0.3 is 5.69 Å². The summed E-state index contributed by atoms with van der Waals surface area (Å²) in [5.74, 6) is -2.52. The van der Waals surface area contributed by atoms with E-state index in [1.54, 1.807) is 23.8 Å². The number of benzene rings is 3. The first-order valence-corrected chi connectivity index (χ1v) is 11.7. The molecular formula is C28H24F3N3O3. The van der Waals surface area contributed by atoms with Gasteiger partial charge in [0.15, 0.2) is 11.6 Å². The third-order valence-electron chi connectivity index (χ3n) is 6.24. The Kier molecular flexibility index (Phi) is 6.37. The number of hydrogen-bond donors (Lipinski definition) is 1. The Morgan fingerprint density at radius 2 is 1.89 bits per heavy atom. The van der Waals surface area contributed by atoms with E-state index in [2.05, 4.69) is 10.3 Å². The first-order chi connectivity index (χ1) is 17.7. The number of rotatable bonds is 7. The number of anilines is 1. The van der Waals surface area contributed by atoms with E-state index in [0.717, 1.165) is 29.5 Å². The number of fused-ring (bicyclic) bond motifs is 3. The molecule has 0 unspecified atom stereocenters. The van der Waals surface area contributed by atoms with E-state index >= 15 is 0 Å². The fraction of sp³-hybridized carbons (Fsp3) is 0.214. The SMILES string of the molecule is COc1ccc2c(c1)CCn1c-2cc(NCc2ccc(Oc3cccc(C(C)(F)F)c3)c(F)c2)nc1=O. The molecule has 4 aromatic rings. The summed E-state index contributed by atoms with van der Waals surface area (Å²) in [6, 6.07) is 17.3. The lowest BCUT2D eigenvalue weighted by molar-refractivity contribution is 0.0173. The van der Waals surface area contributed by atoms with Gasteiger partial charge in [-0.15, -0.1) is 0 Å². The van der Waals surface area contributed by atoms with Crippen molar-refractivity contribution in [3.8, 4) is 28.5 Å². The van der Waals surface area contributed by atoms with Crippen LogP contribution in [0.5, 0.6) is 17.2 Å². The van der Waals surface area contributed by atoms with E-state index in [-0.39, 0.29) is 29.3 Å². The Labute approximate surface area is 211 Å². The van der Waals surface area contributed by atoms with Gasteiger partial charge in [0.05, 0.1) is 12.8 Å². The van der Waals surface area contributed by atoms with Gasteiger partial charge in [-0.25, -0.2) is 18.0 Å². The Morgan fingerprint density at radius 3 is 2.65 bits per heavy atom. The fourth-order valence-electron chi connectivity index (χ4n) is 4.31. The van der Waals surface area contributed by atoms with Crippen molar-refractivity contribution in [2.24, 2.45) is 0 Å². The molecule has 37 heavy (non-hydrogen) atoms. The maximum Gasteiger partial charge on any atom is 0.349 e. The molecule has 0 amide bonds. The molecule has 0 bridgehead atoms. The van der Waals surface area contributed by atoms with E-state index in [4.69, 9.17) is 9.47 Å². The van der Waals surface area contributed by atoms with E-state index in [1.165, 1.54) is 36.4 Å².